The number of nitrogens with zero attached hydrogens (tertiary/aromatic N) is 6. The van der Waals surface area contributed by atoms with E-state index in [1.165, 1.54) is 29.6 Å². The number of amides is 1. The highest BCUT2D eigenvalue weighted by atomic mass is 32.2. The van der Waals surface area contributed by atoms with E-state index in [4.69, 9.17) is 4.42 Å². The van der Waals surface area contributed by atoms with E-state index >= 15 is 0 Å². The highest BCUT2D eigenvalue weighted by Gasteiger charge is 2.17. The van der Waals surface area contributed by atoms with E-state index in [1.807, 2.05) is 30.5 Å². The Morgan fingerprint density at radius 1 is 1.20 bits per heavy atom. The van der Waals surface area contributed by atoms with Crippen molar-refractivity contribution in [2.24, 2.45) is 14.1 Å². The lowest BCUT2D eigenvalue weighted by Gasteiger charge is -2.06. The summed E-state index contributed by atoms with van der Waals surface area (Å²) in [5.74, 6) is -0.212. The molecule has 0 bridgehead atoms. The summed E-state index contributed by atoms with van der Waals surface area (Å²) in [5, 5.41) is 10.3. The van der Waals surface area contributed by atoms with Gasteiger partial charge in [-0.1, -0.05) is 11.2 Å². The molecule has 0 spiro atoms. The van der Waals surface area contributed by atoms with Gasteiger partial charge in [-0.25, -0.2) is 9.78 Å². The summed E-state index contributed by atoms with van der Waals surface area (Å²) in [6.45, 7) is -0.219. The van der Waals surface area contributed by atoms with E-state index in [2.05, 4.69) is 20.5 Å². The molecule has 0 saturated carbocycles. The van der Waals surface area contributed by atoms with Crippen LogP contribution >= 0.6 is 11.8 Å². The van der Waals surface area contributed by atoms with Crippen LogP contribution in [0.5, 0.6) is 0 Å². The molecule has 12 heteroatoms. The number of hydrogen-bond acceptors (Lipinski definition) is 8. The van der Waals surface area contributed by atoms with Gasteiger partial charge in [0, 0.05) is 24.6 Å². The fourth-order valence-electron chi connectivity index (χ4n) is 2.98. The summed E-state index contributed by atoms with van der Waals surface area (Å²) in [7, 11) is 2.88. The second-order valence-electron chi connectivity index (χ2n) is 6.44. The van der Waals surface area contributed by atoms with Crippen LogP contribution in [0.2, 0.25) is 0 Å². The number of carbonyl (C=O) groups excluding carboxylic acids is 1. The monoisotopic (exact) mass is 427 g/mol. The Morgan fingerprint density at radius 3 is 2.77 bits per heavy atom. The first-order valence-corrected chi connectivity index (χ1v) is 10.00. The van der Waals surface area contributed by atoms with Crippen molar-refractivity contribution < 1.29 is 9.21 Å². The summed E-state index contributed by atoms with van der Waals surface area (Å²) in [5.41, 5.74) is 0.0534. The number of rotatable bonds is 5. The van der Waals surface area contributed by atoms with Crippen LogP contribution in [0.3, 0.4) is 0 Å². The average molecular weight is 427 g/mol. The number of benzene rings is 1. The molecule has 0 unspecified atom stereocenters. The van der Waals surface area contributed by atoms with Gasteiger partial charge in [0.2, 0.25) is 11.8 Å². The van der Waals surface area contributed by atoms with Gasteiger partial charge in [0.25, 0.3) is 5.56 Å². The first-order chi connectivity index (χ1) is 14.4. The molecule has 154 valence electrons. The zero-order chi connectivity index (χ0) is 21.4. The van der Waals surface area contributed by atoms with Crippen LogP contribution in [-0.2, 0) is 25.4 Å². The molecule has 0 aliphatic carbocycles. The molecule has 1 N–H and O–H groups in total. The minimum Gasteiger partial charge on any atom is -0.403 e. The largest absolute Gasteiger partial charge is 0.403 e. The van der Waals surface area contributed by atoms with E-state index in [0.29, 0.717) is 0 Å². The Balaban J connectivity index is 1.56. The van der Waals surface area contributed by atoms with Gasteiger partial charge in [-0.3, -0.25) is 24.0 Å². The van der Waals surface area contributed by atoms with Crippen LogP contribution in [0, 0.1) is 0 Å². The minimum absolute atomic E-state index is 0.0609. The fraction of sp³-hybridized carbons (Fsp3) is 0.222. The predicted octanol–water partition coefficient (Wildman–Crippen LogP) is 0.844. The first kappa shape index (κ1) is 19.6. The fourth-order valence-corrected chi connectivity index (χ4v) is 3.44. The van der Waals surface area contributed by atoms with Gasteiger partial charge >= 0.3 is 11.7 Å². The molecule has 0 atom stereocenters. The van der Waals surface area contributed by atoms with Crippen LogP contribution in [-0.4, -0.2) is 41.0 Å². The van der Waals surface area contributed by atoms with Crippen LogP contribution in [0.4, 0.5) is 6.01 Å². The Morgan fingerprint density at radius 2 is 2.00 bits per heavy atom. The zero-order valence-corrected chi connectivity index (χ0v) is 17.1. The predicted molar refractivity (Wildman–Crippen MR) is 110 cm³/mol. The summed E-state index contributed by atoms with van der Waals surface area (Å²) < 4.78 is 9.10. The zero-order valence-electron chi connectivity index (χ0n) is 16.3. The molecule has 3 aromatic heterocycles. The molecule has 1 aromatic carbocycles. The minimum atomic E-state index is -0.535. The molecule has 3 heterocycles. The van der Waals surface area contributed by atoms with Gasteiger partial charge in [0.15, 0.2) is 11.2 Å². The van der Waals surface area contributed by atoms with E-state index in [1.54, 1.807) is 11.8 Å². The van der Waals surface area contributed by atoms with E-state index in [0.717, 1.165) is 15.0 Å². The summed E-state index contributed by atoms with van der Waals surface area (Å²) >= 11 is 1.59. The third-order valence-corrected chi connectivity index (χ3v) is 5.24. The lowest BCUT2D eigenvalue weighted by Crippen LogP contribution is -2.37. The van der Waals surface area contributed by atoms with Crippen LogP contribution < -0.4 is 16.6 Å². The number of hydrogen-bond donors (Lipinski definition) is 1. The molecule has 1 amide bonds. The Bertz CT molecular complexity index is 1380. The maximum Gasteiger partial charge on any atom is 0.332 e. The maximum absolute atomic E-state index is 12.5. The SMILES string of the molecule is CSc1cccc(-c2nnc(NC(=O)Cn3cnc4c3c(=O)n(C)c(=O)n4C)o2)c1. The molecule has 0 aliphatic heterocycles. The molecule has 4 aromatic rings. The van der Waals surface area contributed by atoms with E-state index in [9.17, 15) is 14.4 Å². The van der Waals surface area contributed by atoms with Gasteiger partial charge in [-0.2, -0.15) is 0 Å². The van der Waals surface area contributed by atoms with Gasteiger partial charge in [0.1, 0.15) is 6.54 Å². The lowest BCUT2D eigenvalue weighted by atomic mass is 10.2. The molecule has 11 nitrogen and oxygen atoms in total. The standard InChI is InChI=1S/C18H17N7O4S/c1-23-14-13(16(27)24(2)18(23)28)25(9-19-14)8-12(26)20-17-22-21-15(29-17)10-5-4-6-11(7-10)30-3/h4-7,9H,8H2,1-3H3,(H,20,22,26). The molecule has 0 fully saturated rings. The maximum atomic E-state index is 12.5. The van der Waals surface area contributed by atoms with Gasteiger partial charge in [0.05, 0.1) is 6.33 Å². The number of imidazole rings is 1. The molecule has 0 radical (unpaired) electrons. The van der Waals surface area contributed by atoms with Crippen molar-refractivity contribution >= 4 is 34.8 Å². The Hall–Kier alpha value is -3.67. The molecule has 0 aliphatic rings. The number of fused-ring (bicyclic) bond motifs is 1. The Labute approximate surface area is 173 Å². The molecule has 4 rings (SSSR count). The molecular weight excluding hydrogens is 410 g/mol. The van der Waals surface area contributed by atoms with Gasteiger partial charge < -0.3 is 8.98 Å². The lowest BCUT2D eigenvalue weighted by molar-refractivity contribution is -0.116. The second kappa shape index (κ2) is 7.63. The van der Waals surface area contributed by atoms with Crippen LogP contribution in [0.25, 0.3) is 22.6 Å². The van der Waals surface area contributed by atoms with Gasteiger partial charge in [-0.15, -0.1) is 16.9 Å². The normalized spacial score (nSPS) is 11.2. The van der Waals surface area contributed by atoms with E-state index < -0.39 is 17.2 Å². The van der Waals surface area contributed by atoms with Crippen molar-refractivity contribution in [3.63, 3.8) is 0 Å². The molecule has 0 saturated heterocycles. The number of anilines is 1. The highest BCUT2D eigenvalue weighted by Crippen LogP contribution is 2.24. The summed E-state index contributed by atoms with van der Waals surface area (Å²) in [6.07, 6.45) is 3.29. The molecular formula is C18H17N7O4S. The van der Waals surface area contributed by atoms with Gasteiger partial charge in [-0.05, 0) is 24.5 Å². The molecule has 30 heavy (non-hydrogen) atoms. The van der Waals surface area contributed by atoms with Crippen molar-refractivity contribution in [3.05, 3.63) is 51.4 Å². The number of aryl methyl sites for hydroxylation is 1. The third kappa shape index (κ3) is 3.41. The van der Waals surface area contributed by atoms with Crippen molar-refractivity contribution in [2.75, 3.05) is 11.6 Å². The quantitative estimate of drug-likeness (QED) is 0.464. The van der Waals surface area contributed by atoms with E-state index in [-0.39, 0.29) is 29.6 Å². The number of thioether (sulfide) groups is 1. The van der Waals surface area contributed by atoms with Crippen molar-refractivity contribution in [2.45, 2.75) is 11.4 Å². The number of aromatic nitrogens is 6. The summed E-state index contributed by atoms with van der Waals surface area (Å²) in [6, 6.07) is 7.51. The number of nitrogens with one attached hydrogen (secondary N) is 1. The topological polar surface area (TPSA) is 130 Å². The second-order valence-corrected chi connectivity index (χ2v) is 7.32. The Kier molecular flexibility index (Phi) is 4.99. The number of carbonyl (C=O) groups is 1. The van der Waals surface area contributed by atoms with Crippen LogP contribution in [0.15, 0.2) is 49.5 Å². The van der Waals surface area contributed by atoms with Crippen molar-refractivity contribution in [3.8, 4) is 11.5 Å². The van der Waals surface area contributed by atoms with Crippen molar-refractivity contribution in [1.29, 1.82) is 0 Å². The van der Waals surface area contributed by atoms with Crippen molar-refractivity contribution in [1.82, 2.24) is 28.9 Å². The smallest absolute Gasteiger partial charge is 0.332 e. The summed E-state index contributed by atoms with van der Waals surface area (Å²) in [4.78, 5) is 42.0. The average Bonchev–Trinajstić information content (AvgIpc) is 3.38. The highest BCUT2D eigenvalue weighted by molar-refractivity contribution is 7.98. The third-order valence-electron chi connectivity index (χ3n) is 4.52. The first-order valence-electron chi connectivity index (χ1n) is 8.77. The van der Waals surface area contributed by atoms with Crippen LogP contribution in [0.1, 0.15) is 0 Å².